The van der Waals surface area contributed by atoms with Crippen LogP contribution in [-0.4, -0.2) is 30.1 Å². The van der Waals surface area contributed by atoms with Gasteiger partial charge in [-0.1, -0.05) is 24.3 Å². The lowest BCUT2D eigenvalue weighted by Crippen LogP contribution is -2.23. The van der Waals surface area contributed by atoms with Crippen molar-refractivity contribution < 1.29 is 28.2 Å². The Hall–Kier alpha value is -3.46. The number of anilines is 2. The van der Waals surface area contributed by atoms with E-state index in [4.69, 9.17) is 14.2 Å². The summed E-state index contributed by atoms with van der Waals surface area (Å²) >= 11 is 1.15. The van der Waals surface area contributed by atoms with Gasteiger partial charge in [0, 0.05) is 12.3 Å². The molecule has 0 fully saturated rings. The Kier molecular flexibility index (Phi) is 7.55. The van der Waals surface area contributed by atoms with Gasteiger partial charge in [-0.05, 0) is 31.2 Å². The van der Waals surface area contributed by atoms with Gasteiger partial charge in [-0.3, -0.25) is 9.69 Å². The molecule has 0 saturated heterocycles. The lowest BCUT2D eigenvalue weighted by atomic mass is 10.3. The number of rotatable bonds is 9. The van der Waals surface area contributed by atoms with Gasteiger partial charge in [0.2, 0.25) is 5.91 Å². The Morgan fingerprint density at radius 3 is 2.42 bits per heavy atom. The highest BCUT2D eigenvalue weighted by Crippen LogP contribution is 2.31. The van der Waals surface area contributed by atoms with Gasteiger partial charge in [-0.25, -0.2) is 14.2 Å². The SMILES string of the molecule is CCOc1ccccc1OCC(=O)OCc1csc(N(C(C)=O)c2ccccc2F)n1. The third kappa shape index (κ3) is 5.79. The molecular weight excluding hydrogens is 423 g/mol. The van der Waals surface area contributed by atoms with E-state index in [0.29, 0.717) is 23.8 Å². The molecule has 1 aromatic heterocycles. The molecule has 0 bridgehead atoms. The fraction of sp³-hybridized carbons (Fsp3) is 0.227. The molecule has 1 heterocycles. The van der Waals surface area contributed by atoms with Crippen molar-refractivity contribution in [2.24, 2.45) is 0 Å². The first kappa shape index (κ1) is 22.2. The summed E-state index contributed by atoms with van der Waals surface area (Å²) in [5.74, 6) is -0.522. The molecule has 1 amide bonds. The molecule has 31 heavy (non-hydrogen) atoms. The standard InChI is InChI=1S/C22H21FN2O5S/c1-3-28-19-10-6-7-11-20(19)29-13-21(27)30-12-16-14-31-22(24-16)25(15(2)26)18-9-5-4-8-17(18)23/h4-11,14H,3,12-13H2,1-2H3. The molecule has 0 N–H and O–H groups in total. The van der Waals surface area contributed by atoms with Crippen LogP contribution in [0.25, 0.3) is 0 Å². The minimum absolute atomic E-state index is 0.102. The second kappa shape index (κ2) is 10.5. The van der Waals surface area contributed by atoms with Gasteiger partial charge in [0.15, 0.2) is 23.2 Å². The van der Waals surface area contributed by atoms with Crippen LogP contribution in [0, 0.1) is 5.82 Å². The summed E-state index contributed by atoms with van der Waals surface area (Å²) in [6.07, 6.45) is 0. The van der Waals surface area contributed by atoms with Crippen LogP contribution in [0.4, 0.5) is 15.2 Å². The molecule has 7 nitrogen and oxygen atoms in total. The predicted octanol–water partition coefficient (Wildman–Crippen LogP) is 4.49. The average molecular weight is 444 g/mol. The number of para-hydroxylation sites is 3. The number of hydrogen-bond donors (Lipinski definition) is 0. The van der Waals surface area contributed by atoms with E-state index in [2.05, 4.69) is 4.98 Å². The Morgan fingerprint density at radius 1 is 1.06 bits per heavy atom. The van der Waals surface area contributed by atoms with E-state index >= 15 is 0 Å². The van der Waals surface area contributed by atoms with Crippen LogP contribution in [0.15, 0.2) is 53.9 Å². The molecule has 0 aliphatic heterocycles. The number of halogens is 1. The molecule has 0 atom stereocenters. The molecule has 9 heteroatoms. The fourth-order valence-corrected chi connectivity index (χ4v) is 3.55. The summed E-state index contributed by atoms with van der Waals surface area (Å²) in [5.41, 5.74) is 0.542. The summed E-state index contributed by atoms with van der Waals surface area (Å²) in [6, 6.07) is 13.0. The third-order valence-electron chi connectivity index (χ3n) is 4.01. The summed E-state index contributed by atoms with van der Waals surface area (Å²) in [6.45, 7) is 3.25. The maximum atomic E-state index is 14.1. The van der Waals surface area contributed by atoms with Gasteiger partial charge < -0.3 is 14.2 Å². The molecule has 3 aromatic rings. The van der Waals surface area contributed by atoms with Gasteiger partial charge in [-0.2, -0.15) is 0 Å². The minimum Gasteiger partial charge on any atom is -0.490 e. The Labute approximate surface area is 183 Å². The summed E-state index contributed by atoms with van der Waals surface area (Å²) in [7, 11) is 0. The minimum atomic E-state index is -0.585. The second-order valence-corrected chi connectivity index (χ2v) is 7.09. The summed E-state index contributed by atoms with van der Waals surface area (Å²) < 4.78 is 30.3. The number of carbonyl (C=O) groups is 2. The zero-order valence-electron chi connectivity index (χ0n) is 17.0. The third-order valence-corrected chi connectivity index (χ3v) is 4.89. The number of thiazole rings is 1. The van der Waals surface area contributed by atoms with Crippen molar-refractivity contribution in [2.45, 2.75) is 20.5 Å². The van der Waals surface area contributed by atoms with E-state index in [0.717, 1.165) is 11.3 Å². The van der Waals surface area contributed by atoms with Crippen molar-refractivity contribution in [1.29, 1.82) is 0 Å². The Morgan fingerprint density at radius 2 is 1.74 bits per heavy atom. The molecule has 0 unspecified atom stereocenters. The highest BCUT2D eigenvalue weighted by molar-refractivity contribution is 7.14. The van der Waals surface area contributed by atoms with Crippen LogP contribution in [0.2, 0.25) is 0 Å². The monoisotopic (exact) mass is 444 g/mol. The fourth-order valence-electron chi connectivity index (χ4n) is 2.68. The maximum Gasteiger partial charge on any atom is 0.344 e. The number of hydrogen-bond acceptors (Lipinski definition) is 7. The van der Waals surface area contributed by atoms with Crippen LogP contribution in [0.1, 0.15) is 19.5 Å². The first-order valence-electron chi connectivity index (χ1n) is 9.49. The molecule has 162 valence electrons. The van der Waals surface area contributed by atoms with E-state index in [-0.39, 0.29) is 29.9 Å². The number of carbonyl (C=O) groups excluding carboxylic acids is 2. The van der Waals surface area contributed by atoms with Crippen molar-refractivity contribution >= 4 is 34.0 Å². The van der Waals surface area contributed by atoms with Crippen LogP contribution >= 0.6 is 11.3 Å². The van der Waals surface area contributed by atoms with Gasteiger partial charge in [-0.15, -0.1) is 11.3 Å². The second-order valence-electron chi connectivity index (χ2n) is 6.26. The first-order valence-corrected chi connectivity index (χ1v) is 10.4. The highest BCUT2D eigenvalue weighted by Gasteiger charge is 2.21. The average Bonchev–Trinajstić information content (AvgIpc) is 3.21. The smallest absolute Gasteiger partial charge is 0.344 e. The predicted molar refractivity (Wildman–Crippen MR) is 114 cm³/mol. The molecular formula is C22H21FN2O5S. The zero-order chi connectivity index (χ0) is 22.2. The van der Waals surface area contributed by atoms with Crippen LogP contribution < -0.4 is 14.4 Å². The number of ether oxygens (including phenoxy) is 3. The number of amides is 1. The number of benzene rings is 2. The zero-order valence-corrected chi connectivity index (χ0v) is 17.9. The number of esters is 1. The van der Waals surface area contributed by atoms with Crippen molar-refractivity contribution in [2.75, 3.05) is 18.1 Å². The van der Waals surface area contributed by atoms with Gasteiger partial charge >= 0.3 is 5.97 Å². The van der Waals surface area contributed by atoms with E-state index in [1.807, 2.05) is 13.0 Å². The van der Waals surface area contributed by atoms with Crippen LogP contribution in [0.3, 0.4) is 0 Å². The van der Waals surface area contributed by atoms with Crippen molar-refractivity contribution in [1.82, 2.24) is 4.98 Å². The van der Waals surface area contributed by atoms with E-state index in [9.17, 15) is 14.0 Å². The summed E-state index contributed by atoms with van der Waals surface area (Å²) in [4.78, 5) is 29.6. The lowest BCUT2D eigenvalue weighted by Gasteiger charge is -2.18. The number of nitrogens with zero attached hydrogens (tertiary/aromatic N) is 2. The lowest BCUT2D eigenvalue weighted by molar-refractivity contribution is -0.147. The normalized spacial score (nSPS) is 10.4. The molecule has 3 rings (SSSR count). The van der Waals surface area contributed by atoms with E-state index in [1.165, 1.54) is 24.0 Å². The molecule has 2 aromatic carbocycles. The van der Waals surface area contributed by atoms with E-state index < -0.39 is 11.8 Å². The molecule has 0 radical (unpaired) electrons. The maximum absolute atomic E-state index is 14.1. The highest BCUT2D eigenvalue weighted by atomic mass is 32.1. The Bertz CT molecular complexity index is 1060. The van der Waals surface area contributed by atoms with Crippen molar-refractivity contribution in [3.63, 3.8) is 0 Å². The first-order chi connectivity index (χ1) is 15.0. The Balaban J connectivity index is 1.59. The largest absolute Gasteiger partial charge is 0.490 e. The van der Waals surface area contributed by atoms with Crippen LogP contribution in [-0.2, 0) is 20.9 Å². The molecule has 0 spiro atoms. The van der Waals surface area contributed by atoms with Gasteiger partial charge in [0.25, 0.3) is 0 Å². The summed E-state index contributed by atoms with van der Waals surface area (Å²) in [5, 5.41) is 1.93. The van der Waals surface area contributed by atoms with Gasteiger partial charge in [0.1, 0.15) is 12.4 Å². The molecule has 0 aliphatic rings. The van der Waals surface area contributed by atoms with Crippen molar-refractivity contribution in [3.8, 4) is 11.5 Å². The van der Waals surface area contributed by atoms with E-state index in [1.54, 1.807) is 35.7 Å². The quantitative estimate of drug-likeness (QED) is 0.453. The molecule has 0 aliphatic carbocycles. The number of aromatic nitrogens is 1. The van der Waals surface area contributed by atoms with Crippen LogP contribution in [0.5, 0.6) is 11.5 Å². The molecule has 0 saturated carbocycles. The van der Waals surface area contributed by atoms with Crippen molar-refractivity contribution in [3.05, 3.63) is 65.4 Å². The van der Waals surface area contributed by atoms with Gasteiger partial charge in [0.05, 0.1) is 18.0 Å². The topological polar surface area (TPSA) is 78.0 Å².